The molecule has 0 aliphatic rings. The lowest BCUT2D eigenvalue weighted by Gasteiger charge is -2.21. The van der Waals surface area contributed by atoms with Crippen molar-refractivity contribution in [2.24, 2.45) is 23.7 Å². The van der Waals surface area contributed by atoms with Gasteiger partial charge in [0.05, 0.1) is 26.4 Å². The molecule has 0 aliphatic carbocycles. The molecule has 0 aliphatic heterocycles. The van der Waals surface area contributed by atoms with Gasteiger partial charge in [0.2, 0.25) is 0 Å². The second kappa shape index (κ2) is 65.4. The highest BCUT2D eigenvalue weighted by atomic mass is 31.2. The molecule has 0 radical (unpaired) electrons. The van der Waals surface area contributed by atoms with Crippen molar-refractivity contribution in [3.8, 4) is 0 Å². The van der Waals surface area contributed by atoms with Crippen LogP contribution in [0, 0.1) is 23.7 Å². The van der Waals surface area contributed by atoms with Crippen molar-refractivity contribution >= 4 is 39.5 Å². The van der Waals surface area contributed by atoms with Gasteiger partial charge in [0.1, 0.15) is 19.3 Å². The van der Waals surface area contributed by atoms with Crippen LogP contribution in [0.5, 0.6) is 0 Å². The zero-order chi connectivity index (χ0) is 70.3. The van der Waals surface area contributed by atoms with Crippen LogP contribution in [-0.2, 0) is 65.4 Å². The Bertz CT molecular complexity index is 1870. The summed E-state index contributed by atoms with van der Waals surface area (Å²) in [5, 5.41) is 10.6. The molecule has 19 heteroatoms. The Labute approximate surface area is 581 Å². The average molecular weight is 1400 g/mol. The first-order valence-corrected chi connectivity index (χ1v) is 42.3. The Morgan fingerprint density at radius 1 is 0.295 bits per heavy atom. The van der Waals surface area contributed by atoms with Crippen LogP contribution in [0.3, 0.4) is 0 Å². The van der Waals surface area contributed by atoms with E-state index in [0.29, 0.717) is 25.7 Å². The Kier molecular flexibility index (Phi) is 64.0. The Balaban J connectivity index is 5.18. The van der Waals surface area contributed by atoms with Gasteiger partial charge in [0.15, 0.2) is 12.2 Å². The molecule has 0 amide bonds. The molecule has 0 fully saturated rings. The number of esters is 4. The third-order valence-corrected chi connectivity index (χ3v) is 20.2. The largest absolute Gasteiger partial charge is 0.472 e. The molecule has 17 nitrogen and oxygen atoms in total. The number of rotatable bonds is 73. The maximum absolute atomic E-state index is 13.1. The van der Waals surface area contributed by atoms with Crippen LogP contribution < -0.4 is 0 Å². The van der Waals surface area contributed by atoms with Crippen LogP contribution in [0.1, 0.15) is 383 Å². The molecule has 0 saturated carbocycles. The van der Waals surface area contributed by atoms with Gasteiger partial charge in [0.25, 0.3) is 0 Å². The van der Waals surface area contributed by atoms with E-state index in [1.54, 1.807) is 0 Å². The van der Waals surface area contributed by atoms with Crippen LogP contribution in [0.25, 0.3) is 0 Å². The molecule has 0 bridgehead atoms. The van der Waals surface area contributed by atoms with E-state index in [1.807, 2.05) is 0 Å². The average Bonchev–Trinajstić information content (AvgIpc) is 1.30. The zero-order valence-electron chi connectivity index (χ0n) is 62.3. The van der Waals surface area contributed by atoms with Crippen LogP contribution in [0.15, 0.2) is 0 Å². The summed E-state index contributed by atoms with van der Waals surface area (Å²) in [6.45, 7) is 14.2. The monoisotopic (exact) mass is 1400 g/mol. The standard InChI is InChI=1S/C76H148O17P2/c1-9-68(7)54-46-38-30-23-19-17-15-13-11-12-14-16-18-20-24-33-42-50-58-75(80)92-71(62-86-73(78)56-48-40-31-25-21-22-28-36-44-52-66(3)4)64-90-94(82,83)88-60-70(77)61-89-95(84,85)91-65-72(93-76(81)59-51-43-35-34-39-47-55-69(8)10-2)63-87-74(79)57-49-41-32-27-26-29-37-45-53-67(5)6/h66-72,77H,9-65H2,1-8H3,(H,82,83)(H,84,85)/t68?,69?,70?,71-,72-/m1/s1. The fraction of sp³-hybridized carbons (Fsp3) is 0.947. The first-order chi connectivity index (χ1) is 45.7. The van der Waals surface area contributed by atoms with Gasteiger partial charge in [-0.3, -0.25) is 37.3 Å². The van der Waals surface area contributed by atoms with E-state index in [-0.39, 0.29) is 25.7 Å². The first-order valence-electron chi connectivity index (χ1n) is 39.3. The predicted molar refractivity (Wildman–Crippen MR) is 386 cm³/mol. The van der Waals surface area contributed by atoms with Crippen molar-refractivity contribution in [1.29, 1.82) is 0 Å². The summed E-state index contributed by atoms with van der Waals surface area (Å²) < 4.78 is 68.4. The van der Waals surface area contributed by atoms with Gasteiger partial charge in [0, 0.05) is 25.7 Å². The minimum absolute atomic E-state index is 0.102. The number of unbranched alkanes of at least 4 members (excludes halogenated alkanes) is 37. The highest BCUT2D eigenvalue weighted by molar-refractivity contribution is 7.47. The summed E-state index contributed by atoms with van der Waals surface area (Å²) in [6, 6.07) is 0. The Morgan fingerprint density at radius 3 is 0.747 bits per heavy atom. The van der Waals surface area contributed by atoms with Crippen molar-refractivity contribution in [2.75, 3.05) is 39.6 Å². The zero-order valence-corrected chi connectivity index (χ0v) is 64.1. The van der Waals surface area contributed by atoms with E-state index in [2.05, 4.69) is 55.4 Å². The highest BCUT2D eigenvalue weighted by Gasteiger charge is 2.30. The van der Waals surface area contributed by atoms with E-state index in [9.17, 15) is 43.2 Å². The summed E-state index contributed by atoms with van der Waals surface area (Å²) in [5.74, 6) is 0.935. The number of aliphatic hydroxyl groups excluding tert-OH is 1. The third kappa shape index (κ3) is 67.6. The molecule has 564 valence electrons. The number of phosphoric acid groups is 2. The summed E-state index contributed by atoms with van der Waals surface area (Å²) in [5.41, 5.74) is 0. The maximum atomic E-state index is 13.1. The van der Waals surface area contributed by atoms with E-state index in [1.165, 1.54) is 186 Å². The number of carbonyl (C=O) groups is 4. The van der Waals surface area contributed by atoms with Gasteiger partial charge in [-0.1, -0.05) is 331 Å². The summed E-state index contributed by atoms with van der Waals surface area (Å²) in [6.07, 6.45) is 50.2. The number of carbonyl (C=O) groups excluding carboxylic acids is 4. The van der Waals surface area contributed by atoms with E-state index in [0.717, 1.165) is 114 Å². The number of ether oxygens (including phenoxy) is 4. The van der Waals surface area contributed by atoms with Gasteiger partial charge in [-0.2, -0.15) is 0 Å². The molecule has 95 heavy (non-hydrogen) atoms. The molecule has 0 rings (SSSR count). The van der Waals surface area contributed by atoms with Gasteiger partial charge in [-0.05, 0) is 49.4 Å². The fourth-order valence-electron chi connectivity index (χ4n) is 11.5. The second-order valence-electron chi connectivity index (χ2n) is 28.8. The predicted octanol–water partition coefficient (Wildman–Crippen LogP) is 22.0. The van der Waals surface area contributed by atoms with E-state index >= 15 is 0 Å². The number of phosphoric ester groups is 2. The SMILES string of the molecule is CCC(C)CCCCCCCCCCCCCCCCCCCCC(=O)O[C@H](COC(=O)CCCCCCCCCCCC(C)C)COP(=O)(O)OCC(O)COP(=O)(O)OC[C@@H](COC(=O)CCCCCCCCCCC(C)C)OC(=O)CCCCCCCCC(C)CC. The lowest BCUT2D eigenvalue weighted by Crippen LogP contribution is -2.30. The molecule has 5 unspecified atom stereocenters. The van der Waals surface area contributed by atoms with Crippen LogP contribution in [0.2, 0.25) is 0 Å². The Hall–Kier alpha value is -1.94. The van der Waals surface area contributed by atoms with Crippen LogP contribution in [0.4, 0.5) is 0 Å². The smallest absolute Gasteiger partial charge is 0.462 e. The molecule has 0 aromatic heterocycles. The second-order valence-corrected chi connectivity index (χ2v) is 31.7. The highest BCUT2D eigenvalue weighted by Crippen LogP contribution is 2.45. The number of hydrogen-bond donors (Lipinski definition) is 3. The Morgan fingerprint density at radius 2 is 0.505 bits per heavy atom. The first kappa shape index (κ1) is 93.1. The van der Waals surface area contributed by atoms with Crippen molar-refractivity contribution in [3.63, 3.8) is 0 Å². The van der Waals surface area contributed by atoms with Crippen LogP contribution >= 0.6 is 15.6 Å². The van der Waals surface area contributed by atoms with Crippen molar-refractivity contribution < 1.29 is 80.2 Å². The van der Waals surface area contributed by atoms with Crippen molar-refractivity contribution in [1.82, 2.24) is 0 Å². The summed E-state index contributed by atoms with van der Waals surface area (Å²) in [7, 11) is -9.91. The van der Waals surface area contributed by atoms with Crippen molar-refractivity contribution in [2.45, 2.75) is 401 Å². The van der Waals surface area contributed by atoms with Gasteiger partial charge < -0.3 is 33.8 Å². The minimum atomic E-state index is -4.96. The quantitative estimate of drug-likeness (QED) is 0.0222. The molecule has 0 aromatic rings. The van der Waals surface area contributed by atoms with Gasteiger partial charge in [-0.25, -0.2) is 9.13 Å². The molecular weight excluding hydrogens is 1250 g/mol. The van der Waals surface area contributed by atoms with Gasteiger partial charge in [-0.15, -0.1) is 0 Å². The lowest BCUT2D eigenvalue weighted by molar-refractivity contribution is -0.161. The fourth-order valence-corrected chi connectivity index (χ4v) is 13.1. The number of aliphatic hydroxyl groups is 1. The molecular formula is C76H148O17P2. The molecule has 0 saturated heterocycles. The molecule has 0 heterocycles. The summed E-state index contributed by atoms with van der Waals surface area (Å²) in [4.78, 5) is 72.7. The van der Waals surface area contributed by atoms with Crippen LogP contribution in [-0.4, -0.2) is 96.7 Å². The molecule has 7 atom stereocenters. The number of hydrogen-bond acceptors (Lipinski definition) is 15. The van der Waals surface area contributed by atoms with Gasteiger partial charge >= 0.3 is 39.5 Å². The molecule has 3 N–H and O–H groups in total. The molecule has 0 aromatic carbocycles. The van der Waals surface area contributed by atoms with E-state index < -0.39 is 97.5 Å². The van der Waals surface area contributed by atoms with E-state index in [4.69, 9.17) is 37.0 Å². The maximum Gasteiger partial charge on any atom is 0.472 e. The molecule has 0 spiro atoms. The minimum Gasteiger partial charge on any atom is -0.462 e. The topological polar surface area (TPSA) is 237 Å². The lowest BCUT2D eigenvalue weighted by atomic mass is 9.99. The third-order valence-electron chi connectivity index (χ3n) is 18.3. The normalized spacial score (nSPS) is 14.7. The summed E-state index contributed by atoms with van der Waals surface area (Å²) >= 11 is 0. The van der Waals surface area contributed by atoms with Crippen molar-refractivity contribution in [3.05, 3.63) is 0 Å².